The van der Waals surface area contributed by atoms with Crippen LogP contribution in [-0.2, 0) is 9.47 Å². The Kier molecular flexibility index (Phi) is 4.98. The Morgan fingerprint density at radius 1 is 1.82 bits per heavy atom. The van der Waals surface area contributed by atoms with Crippen molar-refractivity contribution < 1.29 is 14.3 Å². The number of alkyl halides is 1. The van der Waals surface area contributed by atoms with Gasteiger partial charge in [0.05, 0.1) is 12.7 Å². The topological polar surface area (TPSA) is 64.8 Å². The quantitative estimate of drug-likeness (QED) is 0.486. The minimum atomic E-state index is -0.711. The largest absolute Gasteiger partial charge is 0.450 e. The Balaban J connectivity index is 0.000000183. The van der Waals surface area contributed by atoms with E-state index in [1.54, 1.807) is 6.92 Å². The van der Waals surface area contributed by atoms with Crippen LogP contribution in [0.5, 0.6) is 0 Å². The van der Waals surface area contributed by atoms with Crippen molar-refractivity contribution in [2.45, 2.75) is 25.5 Å². The van der Waals surface area contributed by atoms with Crippen LogP contribution in [0, 0.1) is 0 Å². The summed E-state index contributed by atoms with van der Waals surface area (Å²) in [6, 6.07) is 0. The molecule has 2 N–H and O–H groups in total. The van der Waals surface area contributed by atoms with Crippen LogP contribution >= 0.6 is 11.6 Å². The Morgan fingerprint density at radius 3 is 2.18 bits per heavy atom. The molecule has 0 saturated carbocycles. The molecule has 0 aromatic carbocycles. The number of primary amides is 1. The van der Waals surface area contributed by atoms with Gasteiger partial charge in [-0.3, -0.25) is 0 Å². The smallest absolute Gasteiger partial charge is 0.404 e. The van der Waals surface area contributed by atoms with E-state index in [-0.39, 0.29) is 5.56 Å². The second kappa shape index (κ2) is 5.21. The van der Waals surface area contributed by atoms with E-state index in [9.17, 15) is 4.79 Å². The molecule has 0 spiro atoms. The van der Waals surface area contributed by atoms with Crippen molar-refractivity contribution in [3.8, 4) is 0 Å². The SMILES string of the molecule is CC1OC1Cl.CCOC(N)=O. The lowest BCUT2D eigenvalue weighted by Crippen LogP contribution is -2.11. The van der Waals surface area contributed by atoms with Gasteiger partial charge in [0.1, 0.15) is 0 Å². The van der Waals surface area contributed by atoms with E-state index in [2.05, 4.69) is 15.2 Å². The van der Waals surface area contributed by atoms with Gasteiger partial charge in [-0.2, -0.15) is 0 Å². The van der Waals surface area contributed by atoms with Crippen LogP contribution in [-0.4, -0.2) is 24.4 Å². The molecular weight excluding hydrogens is 170 g/mol. The number of hydrogen-bond acceptors (Lipinski definition) is 3. The minimum absolute atomic E-state index is 0.0231. The van der Waals surface area contributed by atoms with Gasteiger partial charge in [-0.25, -0.2) is 4.79 Å². The number of hydrogen-bond donors (Lipinski definition) is 1. The molecule has 1 amide bonds. The first kappa shape index (κ1) is 10.5. The summed E-state index contributed by atoms with van der Waals surface area (Å²) in [7, 11) is 0. The summed E-state index contributed by atoms with van der Waals surface area (Å²) in [5.41, 5.74) is 4.56. The van der Waals surface area contributed by atoms with Crippen molar-refractivity contribution in [1.29, 1.82) is 0 Å². The Morgan fingerprint density at radius 2 is 2.18 bits per heavy atom. The van der Waals surface area contributed by atoms with Gasteiger partial charge in [-0.1, -0.05) is 11.6 Å². The van der Waals surface area contributed by atoms with E-state index in [1.807, 2.05) is 6.92 Å². The molecular formula is C6H12ClNO3. The molecule has 1 saturated heterocycles. The number of carbonyl (C=O) groups is 1. The first-order chi connectivity index (χ1) is 5.07. The molecule has 1 rings (SSSR count). The molecule has 0 radical (unpaired) electrons. The van der Waals surface area contributed by atoms with Crippen molar-refractivity contribution >= 4 is 17.7 Å². The Hall–Kier alpha value is -0.480. The standard InChI is InChI=1S/C3H5ClO.C3H7NO2/c1-2-3(4)5-2;1-2-6-3(4)5/h2-3H,1H3;2H2,1H3,(H2,4,5). The van der Waals surface area contributed by atoms with Crippen LogP contribution in [0.4, 0.5) is 4.79 Å². The summed E-state index contributed by atoms with van der Waals surface area (Å²) < 4.78 is 8.86. The number of carbonyl (C=O) groups excluding carboxylic acids is 1. The molecule has 5 heteroatoms. The highest BCUT2D eigenvalue weighted by atomic mass is 35.5. The molecule has 1 fully saturated rings. The van der Waals surface area contributed by atoms with E-state index in [0.717, 1.165) is 0 Å². The van der Waals surface area contributed by atoms with Gasteiger partial charge >= 0.3 is 6.09 Å². The lowest BCUT2D eigenvalue weighted by Gasteiger charge is -1.89. The first-order valence-electron chi connectivity index (χ1n) is 3.29. The van der Waals surface area contributed by atoms with Gasteiger partial charge in [0, 0.05) is 0 Å². The predicted octanol–water partition coefficient (Wildman–Crippen LogP) is 1.07. The van der Waals surface area contributed by atoms with Crippen molar-refractivity contribution in [2.75, 3.05) is 6.61 Å². The highest BCUT2D eigenvalue weighted by Gasteiger charge is 2.30. The monoisotopic (exact) mass is 181 g/mol. The van der Waals surface area contributed by atoms with Crippen molar-refractivity contribution in [3.63, 3.8) is 0 Å². The summed E-state index contributed by atoms with van der Waals surface area (Å²) in [6.45, 7) is 4.00. The predicted molar refractivity (Wildman–Crippen MR) is 41.4 cm³/mol. The van der Waals surface area contributed by atoms with Gasteiger partial charge in [-0.15, -0.1) is 0 Å². The summed E-state index contributed by atoms with van der Waals surface area (Å²) in [6.07, 6.45) is -0.394. The second-order valence-corrected chi connectivity index (χ2v) is 2.37. The maximum Gasteiger partial charge on any atom is 0.404 e. The number of ether oxygens (including phenoxy) is 2. The third-order valence-corrected chi connectivity index (χ3v) is 1.38. The average Bonchev–Trinajstić information content (AvgIpc) is 2.46. The number of rotatable bonds is 1. The van der Waals surface area contributed by atoms with Gasteiger partial charge in [0.15, 0.2) is 5.56 Å². The van der Waals surface area contributed by atoms with Gasteiger partial charge < -0.3 is 15.2 Å². The van der Waals surface area contributed by atoms with Crippen molar-refractivity contribution in [1.82, 2.24) is 0 Å². The van der Waals surface area contributed by atoms with E-state index in [1.165, 1.54) is 0 Å². The van der Waals surface area contributed by atoms with Crippen molar-refractivity contribution in [3.05, 3.63) is 0 Å². The summed E-state index contributed by atoms with van der Waals surface area (Å²) in [5, 5.41) is 0. The van der Waals surface area contributed by atoms with Gasteiger partial charge in [-0.05, 0) is 13.8 Å². The molecule has 1 aliphatic rings. The van der Waals surface area contributed by atoms with Gasteiger partial charge in [0.2, 0.25) is 0 Å². The molecule has 11 heavy (non-hydrogen) atoms. The lowest BCUT2D eigenvalue weighted by molar-refractivity contribution is 0.163. The summed E-state index contributed by atoms with van der Waals surface area (Å²) in [4.78, 5) is 9.60. The number of amides is 1. The van der Waals surface area contributed by atoms with Crippen molar-refractivity contribution in [2.24, 2.45) is 5.73 Å². The maximum atomic E-state index is 9.60. The van der Waals surface area contributed by atoms with Crippen LogP contribution in [0.3, 0.4) is 0 Å². The lowest BCUT2D eigenvalue weighted by atomic mass is 10.6. The molecule has 1 aliphatic heterocycles. The molecule has 0 bridgehead atoms. The zero-order valence-electron chi connectivity index (χ0n) is 6.54. The van der Waals surface area contributed by atoms with Crippen LogP contribution in [0.25, 0.3) is 0 Å². The van der Waals surface area contributed by atoms with Gasteiger partial charge in [0.25, 0.3) is 0 Å². The van der Waals surface area contributed by atoms with E-state index >= 15 is 0 Å². The second-order valence-electron chi connectivity index (χ2n) is 1.94. The molecule has 0 aromatic rings. The van der Waals surface area contributed by atoms with Crippen LogP contribution in [0.1, 0.15) is 13.8 Å². The van der Waals surface area contributed by atoms with Crippen LogP contribution < -0.4 is 5.73 Å². The fraction of sp³-hybridized carbons (Fsp3) is 0.833. The fourth-order valence-electron chi connectivity index (χ4n) is 0.302. The van der Waals surface area contributed by atoms with E-state index < -0.39 is 6.09 Å². The normalized spacial score (nSPS) is 26.5. The molecule has 1 heterocycles. The fourth-order valence-corrected chi connectivity index (χ4v) is 0.464. The van der Waals surface area contributed by atoms with E-state index in [0.29, 0.717) is 12.7 Å². The Labute approximate surface area is 70.6 Å². The first-order valence-corrected chi connectivity index (χ1v) is 3.73. The number of halogens is 1. The summed E-state index contributed by atoms with van der Waals surface area (Å²) in [5.74, 6) is 0. The Bertz CT molecular complexity index is 125. The molecule has 2 atom stereocenters. The molecule has 2 unspecified atom stereocenters. The molecule has 66 valence electrons. The zero-order valence-corrected chi connectivity index (χ0v) is 7.30. The van der Waals surface area contributed by atoms with Crippen LogP contribution in [0.2, 0.25) is 0 Å². The minimum Gasteiger partial charge on any atom is -0.450 e. The van der Waals surface area contributed by atoms with Crippen LogP contribution in [0.15, 0.2) is 0 Å². The maximum absolute atomic E-state index is 9.60. The van der Waals surface area contributed by atoms with E-state index in [4.69, 9.17) is 11.6 Å². The average molecular weight is 182 g/mol. The highest BCUT2D eigenvalue weighted by molar-refractivity contribution is 6.21. The number of epoxide rings is 1. The highest BCUT2D eigenvalue weighted by Crippen LogP contribution is 2.23. The molecule has 0 aliphatic carbocycles. The summed E-state index contributed by atoms with van der Waals surface area (Å²) >= 11 is 5.31. The molecule has 4 nitrogen and oxygen atoms in total. The zero-order chi connectivity index (χ0) is 8.85. The third-order valence-electron chi connectivity index (χ3n) is 0.924. The molecule has 0 aromatic heterocycles. The third kappa shape index (κ3) is 7.42. The number of nitrogens with two attached hydrogens (primary N) is 1.